The number of esters is 1. The summed E-state index contributed by atoms with van der Waals surface area (Å²) in [5, 5.41) is 0.902. The number of carbonyl (C=O) groups is 1. The molecule has 3 rings (SSSR count). The molecule has 5 nitrogen and oxygen atoms in total. The number of aryl methyl sites for hydroxylation is 1. The maximum atomic E-state index is 12.1. The smallest absolute Gasteiger partial charge is 0.340 e. The zero-order chi connectivity index (χ0) is 13.2. The van der Waals surface area contributed by atoms with Crippen molar-refractivity contribution in [3.05, 3.63) is 54.2 Å². The number of hydrogen-bond acceptors (Lipinski definition) is 3. The van der Waals surface area contributed by atoms with Crippen LogP contribution in [0.15, 0.2) is 43.0 Å². The molecule has 1 N–H and O–H groups in total. The topological polar surface area (TPSA) is 59.9 Å². The lowest BCUT2D eigenvalue weighted by molar-refractivity contribution is 0.0470. The monoisotopic (exact) mass is 255 g/mol. The molecule has 0 bridgehead atoms. The Morgan fingerprint density at radius 3 is 3.05 bits per heavy atom. The fraction of sp³-hybridized carbons (Fsp3) is 0.143. The highest BCUT2D eigenvalue weighted by atomic mass is 16.5. The van der Waals surface area contributed by atoms with Crippen LogP contribution in [0.4, 0.5) is 0 Å². The van der Waals surface area contributed by atoms with Gasteiger partial charge in [0.05, 0.1) is 23.8 Å². The van der Waals surface area contributed by atoms with Gasteiger partial charge < -0.3 is 14.3 Å². The molecule has 0 saturated heterocycles. The predicted octanol–water partition coefficient (Wildman–Crippen LogP) is 2.26. The molecule has 1 aromatic carbocycles. The number of hydrogen-bond donors (Lipinski definition) is 1. The average molecular weight is 255 g/mol. The molecule has 0 aliphatic rings. The van der Waals surface area contributed by atoms with E-state index in [9.17, 15) is 4.79 Å². The Hall–Kier alpha value is -2.56. The fourth-order valence-electron chi connectivity index (χ4n) is 2.09. The number of aromatic amines is 1. The molecule has 0 aliphatic heterocycles. The molecule has 0 amide bonds. The van der Waals surface area contributed by atoms with Gasteiger partial charge in [-0.2, -0.15) is 0 Å². The summed E-state index contributed by atoms with van der Waals surface area (Å²) in [6.07, 6.45) is 4.98. The van der Waals surface area contributed by atoms with E-state index in [0.29, 0.717) is 5.56 Å². The van der Waals surface area contributed by atoms with E-state index in [1.807, 2.05) is 35.9 Å². The molecule has 96 valence electrons. The van der Waals surface area contributed by atoms with Gasteiger partial charge in [0.15, 0.2) is 0 Å². The number of rotatable bonds is 3. The summed E-state index contributed by atoms with van der Waals surface area (Å²) in [6.45, 7) is 0.196. The molecule has 0 spiro atoms. The third-order valence-corrected chi connectivity index (χ3v) is 3.03. The van der Waals surface area contributed by atoms with Gasteiger partial charge in [0.2, 0.25) is 0 Å². The molecule has 0 radical (unpaired) electrons. The number of H-pyrrole nitrogens is 1. The lowest BCUT2D eigenvalue weighted by Crippen LogP contribution is -2.04. The first-order chi connectivity index (χ1) is 9.25. The number of nitrogens with zero attached hydrogens (tertiary/aromatic N) is 2. The number of para-hydroxylation sites is 1. The molecule has 19 heavy (non-hydrogen) atoms. The zero-order valence-corrected chi connectivity index (χ0v) is 10.5. The normalized spacial score (nSPS) is 10.8. The molecule has 0 fully saturated rings. The Kier molecular flexibility index (Phi) is 2.79. The number of imidazole rings is 1. The van der Waals surface area contributed by atoms with E-state index in [0.717, 1.165) is 16.6 Å². The van der Waals surface area contributed by atoms with E-state index in [2.05, 4.69) is 9.97 Å². The highest BCUT2D eigenvalue weighted by Crippen LogP contribution is 2.21. The van der Waals surface area contributed by atoms with E-state index in [1.54, 1.807) is 18.7 Å². The predicted molar refractivity (Wildman–Crippen MR) is 70.6 cm³/mol. The first kappa shape index (κ1) is 11.5. The number of aromatic nitrogens is 3. The summed E-state index contributed by atoms with van der Waals surface area (Å²) < 4.78 is 7.19. The first-order valence-electron chi connectivity index (χ1n) is 5.94. The second-order valence-electron chi connectivity index (χ2n) is 4.32. The molecule has 0 saturated carbocycles. The van der Waals surface area contributed by atoms with Crippen molar-refractivity contribution in [3.63, 3.8) is 0 Å². The van der Waals surface area contributed by atoms with E-state index >= 15 is 0 Å². The molecule has 0 aliphatic carbocycles. The van der Waals surface area contributed by atoms with Crippen LogP contribution in [0.5, 0.6) is 0 Å². The lowest BCUT2D eigenvalue weighted by atomic mass is 10.2. The largest absolute Gasteiger partial charge is 0.456 e. The second kappa shape index (κ2) is 4.61. The fourth-order valence-corrected chi connectivity index (χ4v) is 2.09. The summed E-state index contributed by atoms with van der Waals surface area (Å²) in [5.74, 6) is -0.327. The van der Waals surface area contributed by atoms with Gasteiger partial charge in [0.1, 0.15) is 6.61 Å². The van der Waals surface area contributed by atoms with Crippen LogP contribution in [0.2, 0.25) is 0 Å². The van der Waals surface area contributed by atoms with Crippen molar-refractivity contribution in [2.75, 3.05) is 0 Å². The van der Waals surface area contributed by atoms with Gasteiger partial charge in [-0.3, -0.25) is 0 Å². The summed E-state index contributed by atoms with van der Waals surface area (Å²) in [6, 6.07) is 7.75. The third-order valence-electron chi connectivity index (χ3n) is 3.03. The quantitative estimate of drug-likeness (QED) is 0.730. The summed E-state index contributed by atoms with van der Waals surface area (Å²) >= 11 is 0. The lowest BCUT2D eigenvalue weighted by Gasteiger charge is -2.01. The highest BCUT2D eigenvalue weighted by molar-refractivity contribution is 6.04. The SMILES string of the molecule is Cn1cc(C(=O)OCc2cnc[nH]2)c2ccccc21. The van der Waals surface area contributed by atoms with Crippen LogP contribution >= 0.6 is 0 Å². The van der Waals surface area contributed by atoms with Gasteiger partial charge in [-0.05, 0) is 6.07 Å². The van der Waals surface area contributed by atoms with Crippen LogP contribution in [0.1, 0.15) is 16.1 Å². The van der Waals surface area contributed by atoms with Crippen LogP contribution in [-0.4, -0.2) is 20.5 Å². The Morgan fingerprint density at radius 1 is 1.42 bits per heavy atom. The summed E-state index contributed by atoms with van der Waals surface area (Å²) in [7, 11) is 1.91. The van der Waals surface area contributed by atoms with Gasteiger partial charge in [0.25, 0.3) is 0 Å². The maximum Gasteiger partial charge on any atom is 0.340 e. The average Bonchev–Trinajstić information content (AvgIpc) is 3.05. The second-order valence-corrected chi connectivity index (χ2v) is 4.32. The minimum Gasteiger partial charge on any atom is -0.456 e. The zero-order valence-electron chi connectivity index (χ0n) is 10.5. The van der Waals surface area contributed by atoms with E-state index in [4.69, 9.17) is 4.74 Å². The van der Waals surface area contributed by atoms with Crippen LogP contribution in [0.25, 0.3) is 10.9 Å². The number of benzene rings is 1. The van der Waals surface area contributed by atoms with Crippen molar-refractivity contribution < 1.29 is 9.53 Å². The molecular formula is C14H13N3O2. The molecule has 0 unspecified atom stereocenters. The van der Waals surface area contributed by atoms with Crippen LogP contribution in [0, 0.1) is 0 Å². The molecule has 2 aromatic heterocycles. The Bertz CT molecular complexity index is 713. The van der Waals surface area contributed by atoms with Gasteiger partial charge >= 0.3 is 5.97 Å². The van der Waals surface area contributed by atoms with Crippen LogP contribution in [-0.2, 0) is 18.4 Å². The summed E-state index contributed by atoms with van der Waals surface area (Å²) in [4.78, 5) is 18.9. The van der Waals surface area contributed by atoms with Gasteiger partial charge in [-0.25, -0.2) is 9.78 Å². The van der Waals surface area contributed by atoms with Gasteiger partial charge in [-0.1, -0.05) is 18.2 Å². The van der Waals surface area contributed by atoms with Crippen molar-refractivity contribution in [3.8, 4) is 0 Å². The Balaban J connectivity index is 1.85. The first-order valence-corrected chi connectivity index (χ1v) is 5.94. The molecule has 0 atom stereocenters. The van der Waals surface area contributed by atoms with E-state index < -0.39 is 0 Å². The van der Waals surface area contributed by atoms with Crippen molar-refractivity contribution in [1.82, 2.24) is 14.5 Å². The number of fused-ring (bicyclic) bond motifs is 1. The van der Waals surface area contributed by atoms with E-state index in [1.165, 1.54) is 0 Å². The van der Waals surface area contributed by atoms with Crippen molar-refractivity contribution in [1.29, 1.82) is 0 Å². The highest BCUT2D eigenvalue weighted by Gasteiger charge is 2.14. The molecule has 3 aromatic rings. The number of ether oxygens (including phenoxy) is 1. The molecule has 5 heteroatoms. The van der Waals surface area contributed by atoms with Crippen LogP contribution in [0.3, 0.4) is 0 Å². The molecule has 2 heterocycles. The number of carbonyl (C=O) groups excluding carboxylic acids is 1. The maximum absolute atomic E-state index is 12.1. The third kappa shape index (κ3) is 2.10. The molecular weight excluding hydrogens is 242 g/mol. The van der Waals surface area contributed by atoms with Crippen molar-refractivity contribution >= 4 is 16.9 Å². The van der Waals surface area contributed by atoms with Crippen molar-refractivity contribution in [2.45, 2.75) is 6.61 Å². The Morgan fingerprint density at radius 2 is 2.26 bits per heavy atom. The van der Waals surface area contributed by atoms with Gasteiger partial charge in [-0.15, -0.1) is 0 Å². The minimum absolute atomic E-state index is 0.196. The Labute approximate surface area is 109 Å². The summed E-state index contributed by atoms with van der Waals surface area (Å²) in [5.41, 5.74) is 2.36. The number of nitrogens with one attached hydrogen (secondary N) is 1. The minimum atomic E-state index is -0.327. The van der Waals surface area contributed by atoms with Crippen molar-refractivity contribution in [2.24, 2.45) is 7.05 Å². The van der Waals surface area contributed by atoms with Crippen LogP contribution < -0.4 is 0 Å². The standard InChI is InChI=1S/C14H13N3O2/c1-17-7-12(11-4-2-3-5-13(11)17)14(18)19-8-10-6-15-9-16-10/h2-7,9H,8H2,1H3,(H,15,16). The van der Waals surface area contributed by atoms with Gasteiger partial charge in [0, 0.05) is 24.1 Å². The van der Waals surface area contributed by atoms with E-state index in [-0.39, 0.29) is 12.6 Å².